The van der Waals surface area contributed by atoms with Crippen molar-refractivity contribution in [1.82, 2.24) is 0 Å². The molecule has 0 aromatic rings. The third-order valence-electron chi connectivity index (χ3n) is 5.58. The number of fused-ring (bicyclic) bond motifs is 1. The predicted molar refractivity (Wildman–Crippen MR) is 68.2 cm³/mol. The van der Waals surface area contributed by atoms with E-state index in [4.69, 9.17) is 0 Å². The minimum atomic E-state index is -0.468. The highest BCUT2D eigenvalue weighted by Gasteiger charge is 2.53. The molecule has 2 aliphatic rings. The molecule has 1 heteroatoms. The van der Waals surface area contributed by atoms with E-state index in [1.807, 2.05) is 0 Å². The summed E-state index contributed by atoms with van der Waals surface area (Å²) in [6.45, 7) is 10.6. The van der Waals surface area contributed by atoms with Crippen LogP contribution in [0.2, 0.25) is 0 Å². The Morgan fingerprint density at radius 2 is 1.94 bits per heavy atom. The second kappa shape index (κ2) is 3.87. The fraction of sp³-hybridized carbons (Fsp3) is 0.867. The van der Waals surface area contributed by atoms with Gasteiger partial charge in [-0.15, -0.1) is 0 Å². The summed E-state index contributed by atoms with van der Waals surface area (Å²) in [5.74, 6) is 1.36. The molecular formula is C15H26O. The van der Waals surface area contributed by atoms with Crippen molar-refractivity contribution in [1.29, 1.82) is 0 Å². The Kier molecular flexibility index (Phi) is 2.94. The minimum Gasteiger partial charge on any atom is -0.390 e. The van der Waals surface area contributed by atoms with Gasteiger partial charge in [-0.1, -0.05) is 25.5 Å². The fourth-order valence-electron chi connectivity index (χ4n) is 4.02. The lowest BCUT2D eigenvalue weighted by atomic mass is 9.51. The van der Waals surface area contributed by atoms with Gasteiger partial charge in [0.15, 0.2) is 0 Å². The van der Waals surface area contributed by atoms with Crippen molar-refractivity contribution in [2.24, 2.45) is 17.3 Å². The van der Waals surface area contributed by atoms with Crippen molar-refractivity contribution >= 4 is 0 Å². The number of allylic oxidation sites excluding steroid dienone is 1. The molecule has 2 fully saturated rings. The van der Waals surface area contributed by atoms with Gasteiger partial charge in [0, 0.05) is 0 Å². The number of hydrogen-bond donors (Lipinski definition) is 1. The van der Waals surface area contributed by atoms with Crippen molar-refractivity contribution < 1.29 is 5.11 Å². The van der Waals surface area contributed by atoms with Gasteiger partial charge < -0.3 is 5.11 Å². The molecule has 4 atom stereocenters. The van der Waals surface area contributed by atoms with E-state index in [2.05, 4.69) is 27.4 Å². The Balaban J connectivity index is 2.24. The highest BCUT2D eigenvalue weighted by molar-refractivity contribution is 5.09. The Hall–Kier alpha value is -0.300. The summed E-state index contributed by atoms with van der Waals surface area (Å²) in [5, 5.41) is 10.7. The first kappa shape index (κ1) is 12.2. The number of aliphatic hydroxyl groups is 1. The molecule has 2 saturated carbocycles. The lowest BCUT2D eigenvalue weighted by Crippen LogP contribution is -2.54. The summed E-state index contributed by atoms with van der Waals surface area (Å²) < 4.78 is 0. The average Bonchev–Trinajstić information content (AvgIpc) is 2.18. The van der Waals surface area contributed by atoms with Gasteiger partial charge in [0.25, 0.3) is 0 Å². The highest BCUT2D eigenvalue weighted by Crippen LogP contribution is 2.57. The molecule has 1 nitrogen and oxygen atoms in total. The molecule has 2 rings (SSSR count). The maximum atomic E-state index is 10.7. The first-order valence-corrected chi connectivity index (χ1v) is 6.74. The summed E-state index contributed by atoms with van der Waals surface area (Å²) in [6, 6.07) is 0. The molecular weight excluding hydrogens is 196 g/mol. The molecule has 0 aliphatic heterocycles. The average molecular weight is 222 g/mol. The van der Waals surface area contributed by atoms with Crippen LogP contribution >= 0.6 is 0 Å². The first-order valence-electron chi connectivity index (χ1n) is 6.74. The van der Waals surface area contributed by atoms with Crippen LogP contribution in [-0.2, 0) is 0 Å². The van der Waals surface area contributed by atoms with E-state index >= 15 is 0 Å². The van der Waals surface area contributed by atoms with E-state index in [0.29, 0.717) is 5.92 Å². The SMILES string of the molecule is C=C(C)[C@@H]1CC[C@@H]2CCC[C@](C)(O)[C@@]2(C)C1. The zero-order valence-corrected chi connectivity index (χ0v) is 11.1. The Bertz CT molecular complexity index is 292. The van der Waals surface area contributed by atoms with Gasteiger partial charge in [-0.3, -0.25) is 0 Å². The van der Waals surface area contributed by atoms with Gasteiger partial charge in [-0.2, -0.15) is 0 Å². The summed E-state index contributed by atoms with van der Waals surface area (Å²) in [7, 11) is 0. The number of hydrogen-bond acceptors (Lipinski definition) is 1. The maximum absolute atomic E-state index is 10.7. The molecule has 0 aromatic carbocycles. The first-order chi connectivity index (χ1) is 7.37. The van der Waals surface area contributed by atoms with Crippen molar-refractivity contribution in [3.63, 3.8) is 0 Å². The van der Waals surface area contributed by atoms with E-state index in [1.165, 1.54) is 31.3 Å². The monoisotopic (exact) mass is 222 g/mol. The number of rotatable bonds is 1. The zero-order chi connectivity index (χ0) is 12.0. The topological polar surface area (TPSA) is 20.2 Å². The lowest BCUT2D eigenvalue weighted by molar-refractivity contribution is -0.147. The van der Waals surface area contributed by atoms with Crippen LogP contribution in [0.15, 0.2) is 12.2 Å². The van der Waals surface area contributed by atoms with Gasteiger partial charge in [0.2, 0.25) is 0 Å². The third-order valence-corrected chi connectivity index (χ3v) is 5.58. The van der Waals surface area contributed by atoms with Crippen LogP contribution in [0.4, 0.5) is 0 Å². The van der Waals surface area contributed by atoms with Crippen LogP contribution in [0.3, 0.4) is 0 Å². The molecule has 92 valence electrons. The second-order valence-electron chi connectivity index (χ2n) is 6.61. The van der Waals surface area contributed by atoms with Crippen LogP contribution in [-0.4, -0.2) is 10.7 Å². The van der Waals surface area contributed by atoms with Crippen LogP contribution in [0, 0.1) is 17.3 Å². The van der Waals surface area contributed by atoms with E-state index in [1.54, 1.807) is 0 Å². The second-order valence-corrected chi connectivity index (χ2v) is 6.61. The zero-order valence-electron chi connectivity index (χ0n) is 11.1. The van der Waals surface area contributed by atoms with Gasteiger partial charge in [-0.05, 0) is 63.2 Å². The molecule has 0 bridgehead atoms. The van der Waals surface area contributed by atoms with Gasteiger partial charge in [0.1, 0.15) is 0 Å². The van der Waals surface area contributed by atoms with Crippen molar-refractivity contribution in [3.05, 3.63) is 12.2 Å². The molecule has 0 spiro atoms. The Labute approximate surface area is 99.9 Å². The molecule has 0 aromatic heterocycles. The van der Waals surface area contributed by atoms with E-state index in [9.17, 15) is 5.11 Å². The van der Waals surface area contributed by atoms with Crippen LogP contribution in [0.25, 0.3) is 0 Å². The summed E-state index contributed by atoms with van der Waals surface area (Å²) >= 11 is 0. The molecule has 0 amide bonds. The van der Waals surface area contributed by atoms with Crippen molar-refractivity contribution in [3.8, 4) is 0 Å². The molecule has 16 heavy (non-hydrogen) atoms. The summed E-state index contributed by atoms with van der Waals surface area (Å²) in [4.78, 5) is 0. The van der Waals surface area contributed by atoms with Crippen LogP contribution in [0.1, 0.15) is 59.3 Å². The van der Waals surface area contributed by atoms with Gasteiger partial charge in [0.05, 0.1) is 5.60 Å². The normalized spacial score (nSPS) is 48.5. The van der Waals surface area contributed by atoms with E-state index < -0.39 is 5.60 Å². The smallest absolute Gasteiger partial charge is 0.0675 e. The maximum Gasteiger partial charge on any atom is 0.0675 e. The molecule has 0 saturated heterocycles. The van der Waals surface area contributed by atoms with Crippen LogP contribution < -0.4 is 0 Å². The molecule has 0 unspecified atom stereocenters. The van der Waals surface area contributed by atoms with E-state index in [0.717, 1.165) is 18.8 Å². The Morgan fingerprint density at radius 1 is 1.25 bits per heavy atom. The highest BCUT2D eigenvalue weighted by atomic mass is 16.3. The standard InChI is InChI=1S/C15H26O/c1-11(2)12-7-8-13-6-5-9-15(4,16)14(13,3)10-12/h12-13,16H,1,5-10H2,2-4H3/t12-,13+,14+,15+/m1/s1. The molecule has 0 heterocycles. The van der Waals surface area contributed by atoms with Crippen molar-refractivity contribution in [2.75, 3.05) is 0 Å². The van der Waals surface area contributed by atoms with Crippen molar-refractivity contribution in [2.45, 2.75) is 64.9 Å². The summed E-state index contributed by atoms with van der Waals surface area (Å²) in [5.41, 5.74) is 0.956. The van der Waals surface area contributed by atoms with Crippen LogP contribution in [0.5, 0.6) is 0 Å². The lowest BCUT2D eigenvalue weighted by Gasteiger charge is -2.56. The summed E-state index contributed by atoms with van der Waals surface area (Å²) in [6.07, 6.45) is 7.19. The Morgan fingerprint density at radius 3 is 2.56 bits per heavy atom. The third kappa shape index (κ3) is 1.73. The molecule has 1 N–H and O–H groups in total. The van der Waals surface area contributed by atoms with Gasteiger partial charge in [-0.25, -0.2) is 0 Å². The largest absolute Gasteiger partial charge is 0.390 e. The quantitative estimate of drug-likeness (QED) is 0.667. The minimum absolute atomic E-state index is 0.118. The van der Waals surface area contributed by atoms with Gasteiger partial charge >= 0.3 is 0 Å². The molecule has 2 aliphatic carbocycles. The fourth-order valence-corrected chi connectivity index (χ4v) is 4.02. The van der Waals surface area contributed by atoms with E-state index in [-0.39, 0.29) is 5.41 Å². The molecule has 0 radical (unpaired) electrons. The predicted octanol–water partition coefficient (Wildman–Crippen LogP) is 3.92.